The van der Waals surface area contributed by atoms with Gasteiger partial charge in [-0.05, 0) is 58.3 Å². The third-order valence-corrected chi connectivity index (χ3v) is 7.74. The highest BCUT2D eigenvalue weighted by atomic mass is 19.3. The van der Waals surface area contributed by atoms with E-state index in [-0.39, 0.29) is 17.8 Å². The van der Waals surface area contributed by atoms with Gasteiger partial charge >= 0.3 is 13.7 Å². The van der Waals surface area contributed by atoms with Crippen molar-refractivity contribution in [2.24, 2.45) is 15.7 Å². The van der Waals surface area contributed by atoms with Crippen molar-refractivity contribution in [2.45, 2.75) is 70.9 Å². The monoisotopic (exact) mass is 507 g/mol. The molecule has 2 unspecified atom stereocenters. The van der Waals surface area contributed by atoms with Crippen LogP contribution in [-0.4, -0.2) is 46.2 Å². The molecule has 0 radical (unpaired) electrons. The Labute approximate surface area is 213 Å². The molecule has 2 aromatic carbocycles. The van der Waals surface area contributed by atoms with Gasteiger partial charge in [0, 0.05) is 17.5 Å². The summed E-state index contributed by atoms with van der Waals surface area (Å²) in [5, 5.41) is 0. The number of halogens is 2. The number of amidine groups is 2. The fraction of sp³-hybridized carbons (Fsp3) is 0.423. The van der Waals surface area contributed by atoms with Crippen LogP contribution in [0, 0.1) is 0 Å². The van der Waals surface area contributed by atoms with Crippen molar-refractivity contribution in [3.05, 3.63) is 53.3 Å². The fourth-order valence-electron chi connectivity index (χ4n) is 5.35. The molecular formula is C26H28BF2N5O3. The molecule has 8 nitrogen and oxygen atoms in total. The molecule has 0 amide bonds. The molecule has 3 aromatic rings. The van der Waals surface area contributed by atoms with Gasteiger partial charge in [0.2, 0.25) is 0 Å². The van der Waals surface area contributed by atoms with Crippen LogP contribution in [0.1, 0.15) is 70.1 Å². The zero-order valence-corrected chi connectivity index (χ0v) is 21.3. The van der Waals surface area contributed by atoms with Crippen LogP contribution in [0.5, 0.6) is 5.75 Å². The van der Waals surface area contributed by atoms with Crippen LogP contribution < -0.4 is 15.9 Å². The molecule has 1 saturated heterocycles. The summed E-state index contributed by atoms with van der Waals surface area (Å²) >= 11 is 0. The Bertz CT molecular complexity index is 1460. The van der Waals surface area contributed by atoms with Crippen LogP contribution in [0.15, 0.2) is 46.4 Å². The quantitative estimate of drug-likeness (QED) is 0.327. The van der Waals surface area contributed by atoms with Crippen molar-refractivity contribution in [2.75, 3.05) is 0 Å². The van der Waals surface area contributed by atoms with E-state index in [1.165, 1.54) is 0 Å². The molecule has 1 aromatic heterocycles. The van der Waals surface area contributed by atoms with Crippen LogP contribution in [0.2, 0.25) is 0 Å². The molecule has 192 valence electrons. The Kier molecular flexibility index (Phi) is 5.26. The Morgan fingerprint density at radius 2 is 1.92 bits per heavy atom. The summed E-state index contributed by atoms with van der Waals surface area (Å²) in [5.41, 5.74) is 8.63. The molecule has 0 spiro atoms. The van der Waals surface area contributed by atoms with Crippen molar-refractivity contribution in [1.82, 2.24) is 9.55 Å². The minimum atomic E-state index is -2.97. The van der Waals surface area contributed by atoms with E-state index in [4.69, 9.17) is 29.8 Å². The van der Waals surface area contributed by atoms with Crippen LogP contribution in [0.4, 0.5) is 8.78 Å². The van der Waals surface area contributed by atoms with Gasteiger partial charge < -0.3 is 24.3 Å². The van der Waals surface area contributed by atoms with E-state index in [2.05, 4.69) is 9.56 Å². The van der Waals surface area contributed by atoms with Crippen molar-refractivity contribution in [3.8, 4) is 5.75 Å². The van der Waals surface area contributed by atoms with Gasteiger partial charge in [-0.15, -0.1) is 0 Å². The molecule has 2 bridgehead atoms. The van der Waals surface area contributed by atoms with E-state index >= 15 is 0 Å². The van der Waals surface area contributed by atoms with Gasteiger partial charge in [0.05, 0.1) is 34.1 Å². The highest BCUT2D eigenvalue weighted by Gasteiger charge is 2.52. The zero-order valence-electron chi connectivity index (χ0n) is 21.3. The lowest BCUT2D eigenvalue weighted by atomic mass is 9.79. The van der Waals surface area contributed by atoms with Crippen LogP contribution in [-0.2, 0) is 9.31 Å². The molecule has 11 heteroatoms. The second kappa shape index (κ2) is 8.10. The average Bonchev–Trinajstić information content (AvgIpc) is 3.36. The maximum Gasteiger partial charge on any atom is 0.494 e. The number of fused-ring (bicyclic) bond motifs is 9. The summed E-state index contributed by atoms with van der Waals surface area (Å²) in [4.78, 5) is 14.2. The molecule has 4 heterocycles. The summed E-state index contributed by atoms with van der Waals surface area (Å²) in [6.07, 6.45) is 0.540. The Morgan fingerprint density at radius 3 is 2.59 bits per heavy atom. The first-order chi connectivity index (χ1) is 17.4. The Morgan fingerprint density at radius 1 is 1.19 bits per heavy atom. The number of alkyl halides is 2. The summed E-state index contributed by atoms with van der Waals surface area (Å²) in [5.74, 6) is 1.54. The number of imidazole rings is 1. The number of aromatic nitrogens is 2. The first kappa shape index (κ1) is 24.1. The zero-order chi connectivity index (χ0) is 26.3. The molecule has 6 rings (SSSR count). The largest absolute Gasteiger partial charge is 0.494 e. The molecule has 1 fully saturated rings. The minimum Gasteiger partial charge on any atom is -0.434 e. The second-order valence-electron chi connectivity index (χ2n) is 10.7. The summed E-state index contributed by atoms with van der Waals surface area (Å²) in [6, 6.07) is 10.3. The SMILES string of the molecule is CC(N)=NC1=NC2CC(c3c(OC(F)F)cccc31)n1c2nc2ccc(B3OC(C)(C)C(C)(C)O3)cc21. The summed E-state index contributed by atoms with van der Waals surface area (Å²) in [6.45, 7) is 6.74. The van der Waals surface area contributed by atoms with Crippen LogP contribution in [0.25, 0.3) is 11.0 Å². The Hall–Kier alpha value is -3.31. The summed E-state index contributed by atoms with van der Waals surface area (Å²) in [7, 11) is -0.541. The van der Waals surface area contributed by atoms with Crippen LogP contribution in [0.3, 0.4) is 0 Å². The smallest absolute Gasteiger partial charge is 0.434 e. The molecule has 2 N–H and O–H groups in total. The third kappa shape index (κ3) is 3.74. The number of aliphatic imine (C=N–C) groups is 2. The molecule has 3 aliphatic rings. The van der Waals surface area contributed by atoms with E-state index in [1.54, 1.807) is 19.1 Å². The average molecular weight is 507 g/mol. The predicted octanol–water partition coefficient (Wildman–Crippen LogP) is 4.11. The van der Waals surface area contributed by atoms with Gasteiger partial charge in [0.15, 0.2) is 5.84 Å². The van der Waals surface area contributed by atoms with Crippen LogP contribution >= 0.6 is 0 Å². The minimum absolute atomic E-state index is 0.0903. The first-order valence-corrected chi connectivity index (χ1v) is 12.3. The van der Waals surface area contributed by atoms with E-state index in [0.717, 1.165) is 22.3 Å². The number of nitrogens with zero attached hydrogens (tertiary/aromatic N) is 4. The van der Waals surface area contributed by atoms with Gasteiger partial charge in [0.25, 0.3) is 0 Å². The van der Waals surface area contributed by atoms with E-state index in [9.17, 15) is 8.78 Å². The standard InChI is InChI=1S/C26H28BF2N5O3/c1-13(30)31-22-15-7-6-8-20(35-24(28)29)21(15)19-12-17(32-22)23-33-16-10-9-14(11-18(16)34(19)23)27-36-25(2,3)26(4,5)37-27/h6-11,17,19,24H,12H2,1-5H3,(H2,30,31,32). The third-order valence-electron chi connectivity index (χ3n) is 7.74. The van der Waals surface area contributed by atoms with Crippen molar-refractivity contribution in [3.63, 3.8) is 0 Å². The van der Waals surface area contributed by atoms with E-state index in [0.29, 0.717) is 29.2 Å². The lowest BCUT2D eigenvalue weighted by molar-refractivity contribution is -0.0506. The van der Waals surface area contributed by atoms with E-state index < -0.39 is 24.9 Å². The highest BCUT2D eigenvalue weighted by Crippen LogP contribution is 2.49. The van der Waals surface area contributed by atoms with Crippen molar-refractivity contribution < 1.29 is 22.8 Å². The maximum atomic E-state index is 13.4. The molecule has 3 aliphatic heterocycles. The number of benzene rings is 2. The number of rotatable bonds is 3. The van der Waals surface area contributed by atoms with Gasteiger partial charge in [-0.3, -0.25) is 4.99 Å². The number of hydrogen-bond acceptors (Lipinski definition) is 6. The van der Waals surface area contributed by atoms with Crippen molar-refractivity contribution in [1.29, 1.82) is 0 Å². The lowest BCUT2D eigenvalue weighted by Gasteiger charge is -2.32. The molecule has 37 heavy (non-hydrogen) atoms. The molecular weight excluding hydrogens is 479 g/mol. The first-order valence-electron chi connectivity index (χ1n) is 12.3. The molecule has 0 aliphatic carbocycles. The molecule has 2 atom stereocenters. The van der Waals surface area contributed by atoms with Gasteiger partial charge in [0.1, 0.15) is 17.6 Å². The number of ether oxygens (including phenoxy) is 1. The topological polar surface area (TPSA) is 96.3 Å². The van der Waals surface area contributed by atoms with Gasteiger partial charge in [-0.2, -0.15) is 8.78 Å². The highest BCUT2D eigenvalue weighted by molar-refractivity contribution is 6.62. The number of hydrogen-bond donors (Lipinski definition) is 1. The van der Waals surface area contributed by atoms with E-state index in [1.807, 2.05) is 52.0 Å². The predicted molar refractivity (Wildman–Crippen MR) is 138 cm³/mol. The van der Waals surface area contributed by atoms with Gasteiger partial charge in [-0.25, -0.2) is 9.98 Å². The second-order valence-corrected chi connectivity index (χ2v) is 10.7. The molecule has 0 saturated carbocycles. The van der Waals surface area contributed by atoms with Gasteiger partial charge in [-0.1, -0.05) is 18.2 Å². The maximum absolute atomic E-state index is 13.4. The lowest BCUT2D eigenvalue weighted by Crippen LogP contribution is -2.41. The number of nitrogens with two attached hydrogens (primary N) is 1. The summed E-state index contributed by atoms with van der Waals surface area (Å²) < 4.78 is 46.5. The Balaban J connectivity index is 1.53. The normalized spacial score (nSPS) is 23.7. The fourth-order valence-corrected chi connectivity index (χ4v) is 5.35. The van der Waals surface area contributed by atoms with Crippen molar-refractivity contribution >= 4 is 35.3 Å².